The summed E-state index contributed by atoms with van der Waals surface area (Å²) in [5, 5.41) is 7.50. The molecule has 0 saturated heterocycles. The van der Waals surface area contributed by atoms with Crippen molar-refractivity contribution >= 4 is 44.7 Å². The third-order valence-corrected chi connectivity index (χ3v) is 8.48. The Morgan fingerprint density at radius 2 is 1.94 bits per heavy atom. The molecule has 0 unspecified atom stereocenters. The highest BCUT2D eigenvalue weighted by molar-refractivity contribution is 7.98. The molecule has 4 aromatic heterocycles. The maximum atomic E-state index is 13.7. The van der Waals surface area contributed by atoms with Gasteiger partial charge in [-0.25, -0.2) is 4.98 Å². The Bertz CT molecular complexity index is 1450. The van der Waals surface area contributed by atoms with Gasteiger partial charge in [-0.2, -0.15) is 4.98 Å². The largest absolute Gasteiger partial charge is 0.338 e. The first kappa shape index (κ1) is 19.9. The first-order valence-corrected chi connectivity index (χ1v) is 13.1. The zero-order valence-corrected chi connectivity index (χ0v) is 19.4. The molecule has 160 valence electrons. The molecule has 6 nitrogen and oxygen atoms in total. The predicted molar refractivity (Wildman–Crippen MR) is 129 cm³/mol. The van der Waals surface area contributed by atoms with Crippen LogP contribution in [0.15, 0.2) is 62.3 Å². The Kier molecular flexibility index (Phi) is 5.17. The van der Waals surface area contributed by atoms with Gasteiger partial charge in [0.25, 0.3) is 5.56 Å². The molecule has 6 rings (SSSR count). The van der Waals surface area contributed by atoms with Crippen LogP contribution in [0.3, 0.4) is 0 Å². The number of hydrogen-bond donors (Lipinski definition) is 0. The maximum absolute atomic E-state index is 13.7. The minimum absolute atomic E-state index is 0.00732. The second kappa shape index (κ2) is 8.31. The van der Waals surface area contributed by atoms with Crippen molar-refractivity contribution in [2.75, 3.05) is 0 Å². The van der Waals surface area contributed by atoms with Crippen LogP contribution in [0, 0.1) is 0 Å². The summed E-state index contributed by atoms with van der Waals surface area (Å²) in [5.74, 6) is 1.54. The van der Waals surface area contributed by atoms with Gasteiger partial charge in [0.1, 0.15) is 4.83 Å². The normalized spacial score (nSPS) is 13.5. The molecule has 0 aliphatic heterocycles. The predicted octanol–water partition coefficient (Wildman–Crippen LogP) is 5.73. The molecular weight excluding hydrogens is 460 g/mol. The van der Waals surface area contributed by atoms with Gasteiger partial charge in [0.05, 0.1) is 21.7 Å². The fourth-order valence-corrected chi connectivity index (χ4v) is 6.84. The van der Waals surface area contributed by atoms with E-state index in [0.29, 0.717) is 22.6 Å². The number of thiophene rings is 2. The molecule has 0 N–H and O–H groups in total. The molecule has 0 spiro atoms. The van der Waals surface area contributed by atoms with Crippen LogP contribution >= 0.6 is 34.4 Å². The van der Waals surface area contributed by atoms with Gasteiger partial charge < -0.3 is 4.52 Å². The van der Waals surface area contributed by atoms with Crippen LogP contribution in [-0.4, -0.2) is 19.7 Å². The Hall–Kier alpha value is -2.75. The van der Waals surface area contributed by atoms with Gasteiger partial charge in [-0.05, 0) is 54.8 Å². The Morgan fingerprint density at radius 1 is 1.06 bits per heavy atom. The summed E-state index contributed by atoms with van der Waals surface area (Å²) in [6.07, 6.45) is 4.31. The molecule has 0 atom stereocenters. The van der Waals surface area contributed by atoms with Crippen molar-refractivity contribution in [2.45, 2.75) is 36.6 Å². The van der Waals surface area contributed by atoms with E-state index in [1.807, 2.05) is 47.8 Å². The van der Waals surface area contributed by atoms with Gasteiger partial charge in [-0.1, -0.05) is 41.2 Å². The molecule has 0 amide bonds. The van der Waals surface area contributed by atoms with Crippen LogP contribution in [0.25, 0.3) is 26.6 Å². The average molecular weight is 479 g/mol. The Labute approximate surface area is 196 Å². The molecule has 0 bridgehead atoms. The highest BCUT2D eigenvalue weighted by atomic mass is 32.2. The van der Waals surface area contributed by atoms with Crippen LogP contribution in [0.1, 0.15) is 29.2 Å². The summed E-state index contributed by atoms with van der Waals surface area (Å²) in [4.78, 5) is 26.3. The van der Waals surface area contributed by atoms with Gasteiger partial charge >= 0.3 is 0 Å². The first-order chi connectivity index (χ1) is 15.8. The van der Waals surface area contributed by atoms with Crippen molar-refractivity contribution in [2.24, 2.45) is 0 Å². The van der Waals surface area contributed by atoms with Gasteiger partial charge in [-0.3, -0.25) is 9.36 Å². The third-order valence-electron chi connectivity index (χ3n) is 5.51. The number of aromatic nitrogens is 4. The van der Waals surface area contributed by atoms with E-state index in [9.17, 15) is 4.79 Å². The summed E-state index contributed by atoms with van der Waals surface area (Å²) >= 11 is 4.69. The highest BCUT2D eigenvalue weighted by Crippen LogP contribution is 2.35. The smallest absolute Gasteiger partial charge is 0.267 e. The summed E-state index contributed by atoms with van der Waals surface area (Å²) in [5.41, 5.74) is 2.02. The standard InChI is InChI=1S/C23H18N4O2S3/c28-22-19-15-9-4-5-10-16(15)32-21(19)25-23(27(22)14-7-2-1-3-8-14)31-13-18-24-20(26-29-18)17-11-6-12-30-17/h1-3,6-8,11-12H,4-5,9-10,13H2. The van der Waals surface area contributed by atoms with E-state index in [1.54, 1.807) is 27.2 Å². The lowest BCUT2D eigenvalue weighted by Gasteiger charge is -2.13. The minimum Gasteiger partial charge on any atom is -0.338 e. The fourth-order valence-electron chi connectivity index (χ4n) is 4.03. The van der Waals surface area contributed by atoms with E-state index in [2.05, 4.69) is 10.1 Å². The van der Waals surface area contributed by atoms with Crippen molar-refractivity contribution in [3.8, 4) is 16.4 Å². The van der Waals surface area contributed by atoms with Gasteiger partial charge in [0.15, 0.2) is 5.16 Å². The van der Waals surface area contributed by atoms with E-state index < -0.39 is 0 Å². The third kappa shape index (κ3) is 3.50. The quantitative estimate of drug-likeness (QED) is 0.237. The zero-order chi connectivity index (χ0) is 21.5. The number of rotatable bonds is 5. The molecule has 1 aliphatic carbocycles. The summed E-state index contributed by atoms with van der Waals surface area (Å²) in [6, 6.07) is 13.6. The van der Waals surface area contributed by atoms with E-state index in [-0.39, 0.29) is 5.56 Å². The SMILES string of the molecule is O=c1c2c3c(sc2nc(SCc2nc(-c4cccs4)no2)n1-c1ccccc1)CCCC3. The topological polar surface area (TPSA) is 73.8 Å². The van der Waals surface area contributed by atoms with Crippen molar-refractivity contribution < 1.29 is 4.52 Å². The van der Waals surface area contributed by atoms with Crippen molar-refractivity contribution in [1.82, 2.24) is 19.7 Å². The number of para-hydroxylation sites is 1. The first-order valence-electron chi connectivity index (χ1n) is 10.4. The molecule has 1 aromatic carbocycles. The van der Waals surface area contributed by atoms with E-state index >= 15 is 0 Å². The van der Waals surface area contributed by atoms with Gasteiger partial charge in [0.2, 0.25) is 11.7 Å². The number of aryl methyl sites for hydroxylation is 2. The van der Waals surface area contributed by atoms with E-state index in [4.69, 9.17) is 9.51 Å². The zero-order valence-electron chi connectivity index (χ0n) is 17.0. The highest BCUT2D eigenvalue weighted by Gasteiger charge is 2.23. The fraction of sp³-hybridized carbons (Fsp3) is 0.217. The van der Waals surface area contributed by atoms with E-state index in [0.717, 1.165) is 40.0 Å². The van der Waals surface area contributed by atoms with Crippen molar-refractivity contribution in [3.63, 3.8) is 0 Å². The summed E-state index contributed by atoms with van der Waals surface area (Å²) < 4.78 is 7.18. The molecule has 4 heterocycles. The number of hydrogen-bond acceptors (Lipinski definition) is 8. The summed E-state index contributed by atoms with van der Waals surface area (Å²) in [6.45, 7) is 0. The molecule has 0 fully saturated rings. The second-order valence-corrected chi connectivity index (χ2v) is 10.5. The van der Waals surface area contributed by atoms with Crippen LogP contribution in [-0.2, 0) is 18.6 Å². The minimum atomic E-state index is 0.00732. The molecule has 9 heteroatoms. The monoisotopic (exact) mass is 478 g/mol. The Balaban J connectivity index is 1.42. The maximum Gasteiger partial charge on any atom is 0.267 e. The van der Waals surface area contributed by atoms with Crippen molar-refractivity contribution in [1.29, 1.82) is 0 Å². The lowest BCUT2D eigenvalue weighted by Crippen LogP contribution is -2.22. The number of fused-ring (bicyclic) bond motifs is 3. The Morgan fingerprint density at radius 3 is 2.78 bits per heavy atom. The summed E-state index contributed by atoms with van der Waals surface area (Å²) in [7, 11) is 0. The second-order valence-electron chi connectivity index (χ2n) is 7.54. The molecule has 5 aromatic rings. The van der Waals surface area contributed by atoms with E-state index in [1.165, 1.54) is 28.6 Å². The molecule has 32 heavy (non-hydrogen) atoms. The molecule has 0 saturated carbocycles. The number of thioether (sulfide) groups is 1. The molecule has 1 aliphatic rings. The lowest BCUT2D eigenvalue weighted by atomic mass is 9.97. The van der Waals surface area contributed by atoms with Gasteiger partial charge in [-0.15, -0.1) is 22.7 Å². The van der Waals surface area contributed by atoms with Crippen LogP contribution in [0.4, 0.5) is 0 Å². The van der Waals surface area contributed by atoms with Crippen molar-refractivity contribution in [3.05, 3.63) is 74.5 Å². The lowest BCUT2D eigenvalue weighted by molar-refractivity contribution is 0.391. The van der Waals surface area contributed by atoms with Gasteiger partial charge in [0, 0.05) is 4.88 Å². The average Bonchev–Trinajstić information content (AvgIpc) is 3.57. The van der Waals surface area contributed by atoms with Crippen LogP contribution in [0.2, 0.25) is 0 Å². The van der Waals surface area contributed by atoms with Crippen LogP contribution in [0.5, 0.6) is 0 Å². The molecular formula is C23H18N4O2S3. The number of benzene rings is 1. The molecule has 0 radical (unpaired) electrons. The number of nitrogens with zero attached hydrogens (tertiary/aromatic N) is 4. The van der Waals surface area contributed by atoms with Crippen LogP contribution < -0.4 is 5.56 Å².